The summed E-state index contributed by atoms with van der Waals surface area (Å²) >= 11 is 0. The van der Waals surface area contributed by atoms with Crippen molar-refractivity contribution in [2.75, 3.05) is 0 Å². The van der Waals surface area contributed by atoms with Crippen molar-refractivity contribution in [2.24, 2.45) is 0 Å². The molecule has 0 saturated carbocycles. The van der Waals surface area contributed by atoms with Crippen LogP contribution in [0.3, 0.4) is 0 Å². The number of hydrogen-bond acceptors (Lipinski definition) is 2. The first-order chi connectivity index (χ1) is 9.83. The Morgan fingerprint density at radius 2 is 1.40 bits per heavy atom. The molecule has 0 aromatic rings. The van der Waals surface area contributed by atoms with Gasteiger partial charge >= 0.3 is 5.97 Å². The van der Waals surface area contributed by atoms with E-state index in [1.165, 1.54) is 64.2 Å². The Morgan fingerprint density at radius 3 is 1.95 bits per heavy atom. The van der Waals surface area contributed by atoms with Crippen molar-refractivity contribution >= 4 is 5.97 Å². The van der Waals surface area contributed by atoms with Gasteiger partial charge in [-0.2, -0.15) is 0 Å². The average Bonchev–Trinajstić information content (AvgIpc) is 2.47. The summed E-state index contributed by atoms with van der Waals surface area (Å²) in [4.78, 5) is 11.4. The Kier molecular flexibility index (Phi) is 10.3. The van der Waals surface area contributed by atoms with Crippen LogP contribution in [0.15, 0.2) is 11.8 Å². The van der Waals surface area contributed by atoms with Crippen molar-refractivity contribution in [1.82, 2.24) is 0 Å². The number of hydrogen-bond donors (Lipinski definition) is 0. The van der Waals surface area contributed by atoms with E-state index in [-0.39, 0.29) is 5.97 Å². The van der Waals surface area contributed by atoms with Crippen LogP contribution in [0.5, 0.6) is 0 Å². The van der Waals surface area contributed by atoms with E-state index in [2.05, 4.69) is 6.08 Å². The van der Waals surface area contributed by atoms with E-state index in [0.717, 1.165) is 25.0 Å². The van der Waals surface area contributed by atoms with Crippen molar-refractivity contribution < 1.29 is 9.53 Å². The van der Waals surface area contributed by atoms with E-state index < -0.39 is 0 Å². The van der Waals surface area contributed by atoms with Crippen molar-refractivity contribution in [1.29, 1.82) is 0 Å². The van der Waals surface area contributed by atoms with Crippen LogP contribution >= 0.6 is 0 Å². The summed E-state index contributed by atoms with van der Waals surface area (Å²) in [6.07, 6.45) is 19.3. The molecule has 0 bridgehead atoms. The zero-order valence-corrected chi connectivity index (χ0v) is 13.3. The lowest BCUT2D eigenvalue weighted by molar-refractivity contribution is -0.139. The predicted octanol–water partition coefficient (Wildman–Crippen LogP) is 5.91. The van der Waals surface area contributed by atoms with Crippen LogP contribution in [0, 0.1) is 0 Å². The molecular formula is C18H32O2. The van der Waals surface area contributed by atoms with Gasteiger partial charge in [-0.15, -0.1) is 0 Å². The van der Waals surface area contributed by atoms with Crippen molar-refractivity contribution in [2.45, 2.75) is 96.8 Å². The predicted molar refractivity (Wildman–Crippen MR) is 84.5 cm³/mol. The molecule has 1 aliphatic rings. The maximum absolute atomic E-state index is 11.4. The van der Waals surface area contributed by atoms with Crippen LogP contribution in [-0.4, -0.2) is 5.97 Å². The van der Waals surface area contributed by atoms with Crippen molar-refractivity contribution in [3.63, 3.8) is 0 Å². The van der Waals surface area contributed by atoms with E-state index in [4.69, 9.17) is 4.74 Å². The zero-order valence-electron chi connectivity index (χ0n) is 13.3. The van der Waals surface area contributed by atoms with Crippen molar-refractivity contribution in [3.8, 4) is 0 Å². The molecule has 0 fully saturated rings. The lowest BCUT2D eigenvalue weighted by Gasteiger charge is -2.08. The molecule has 0 aromatic heterocycles. The normalized spacial score (nSPS) is 22.9. The van der Waals surface area contributed by atoms with Gasteiger partial charge in [0.15, 0.2) is 0 Å². The fraction of sp³-hybridized carbons (Fsp3) is 0.833. The zero-order chi connectivity index (χ0) is 14.5. The molecule has 2 heteroatoms. The van der Waals surface area contributed by atoms with Crippen LogP contribution in [0.25, 0.3) is 0 Å². The van der Waals surface area contributed by atoms with E-state index in [0.29, 0.717) is 6.42 Å². The number of ether oxygens (including phenoxy) is 1. The highest BCUT2D eigenvalue weighted by Crippen LogP contribution is 2.17. The third kappa shape index (κ3) is 9.17. The molecule has 1 rings (SSSR count). The maximum Gasteiger partial charge on any atom is 0.310 e. The summed E-state index contributed by atoms with van der Waals surface area (Å²) in [6.45, 7) is 1.86. The standard InChI is InChI=1S/C18H32O2/c1-2-18(19)20-17-15-13-11-9-7-5-3-4-6-8-10-12-14-16-17/h15H,2-14,16H2,1H3/b17-15+. The largest absolute Gasteiger partial charge is 0.431 e. The first-order valence-corrected chi connectivity index (χ1v) is 8.72. The fourth-order valence-electron chi connectivity index (χ4n) is 2.71. The second-order valence-electron chi connectivity index (χ2n) is 5.93. The van der Waals surface area contributed by atoms with Gasteiger partial charge in [-0.1, -0.05) is 64.7 Å². The van der Waals surface area contributed by atoms with Gasteiger partial charge in [0.05, 0.1) is 0 Å². The highest BCUT2D eigenvalue weighted by atomic mass is 16.5. The van der Waals surface area contributed by atoms with Crippen LogP contribution in [0.2, 0.25) is 0 Å². The van der Waals surface area contributed by atoms with Crippen LogP contribution < -0.4 is 0 Å². The Balaban J connectivity index is 2.39. The van der Waals surface area contributed by atoms with Gasteiger partial charge in [-0.3, -0.25) is 4.79 Å². The second-order valence-corrected chi connectivity index (χ2v) is 5.93. The van der Waals surface area contributed by atoms with Crippen LogP contribution in [0.1, 0.15) is 96.8 Å². The number of allylic oxidation sites excluding steroid dienone is 2. The summed E-state index contributed by atoms with van der Waals surface area (Å²) in [5, 5.41) is 0. The monoisotopic (exact) mass is 280 g/mol. The van der Waals surface area contributed by atoms with Gasteiger partial charge < -0.3 is 4.74 Å². The first-order valence-electron chi connectivity index (χ1n) is 8.72. The van der Waals surface area contributed by atoms with Gasteiger partial charge in [0.1, 0.15) is 5.76 Å². The first kappa shape index (κ1) is 17.3. The molecule has 0 heterocycles. The van der Waals surface area contributed by atoms with Gasteiger partial charge in [0.25, 0.3) is 0 Å². The Labute approximate surface area is 125 Å². The highest BCUT2D eigenvalue weighted by Gasteiger charge is 2.05. The third-order valence-electron chi connectivity index (χ3n) is 4.03. The van der Waals surface area contributed by atoms with Crippen LogP contribution in [-0.2, 0) is 9.53 Å². The Morgan fingerprint density at radius 1 is 0.900 bits per heavy atom. The minimum Gasteiger partial charge on any atom is -0.431 e. The van der Waals surface area contributed by atoms with E-state index in [1.807, 2.05) is 6.92 Å². The summed E-state index contributed by atoms with van der Waals surface area (Å²) in [7, 11) is 0. The Hall–Kier alpha value is -0.790. The maximum atomic E-state index is 11.4. The number of carbonyl (C=O) groups is 1. The molecule has 0 saturated heterocycles. The molecule has 0 aromatic carbocycles. The molecule has 20 heavy (non-hydrogen) atoms. The Bertz CT molecular complexity index is 281. The summed E-state index contributed by atoms with van der Waals surface area (Å²) in [6, 6.07) is 0. The average molecular weight is 280 g/mol. The van der Waals surface area contributed by atoms with Gasteiger partial charge in [-0.05, 0) is 25.3 Å². The molecule has 0 radical (unpaired) electrons. The van der Waals surface area contributed by atoms with E-state index in [9.17, 15) is 4.79 Å². The quantitative estimate of drug-likeness (QED) is 0.588. The minimum absolute atomic E-state index is 0.0887. The second kappa shape index (κ2) is 12.0. The molecule has 2 nitrogen and oxygen atoms in total. The molecule has 0 amide bonds. The minimum atomic E-state index is -0.0887. The van der Waals surface area contributed by atoms with Gasteiger partial charge in [0, 0.05) is 12.8 Å². The molecule has 1 aliphatic carbocycles. The molecule has 0 N–H and O–H groups in total. The number of esters is 1. The van der Waals surface area contributed by atoms with E-state index >= 15 is 0 Å². The molecule has 116 valence electrons. The highest BCUT2D eigenvalue weighted by molar-refractivity contribution is 5.70. The summed E-state index contributed by atoms with van der Waals surface area (Å²) < 4.78 is 5.45. The number of rotatable bonds is 2. The smallest absolute Gasteiger partial charge is 0.310 e. The fourth-order valence-corrected chi connectivity index (χ4v) is 2.71. The topological polar surface area (TPSA) is 26.3 Å². The molecular weight excluding hydrogens is 248 g/mol. The SMILES string of the molecule is CCC(=O)O/C1=C/CCCCCCCCCCCCC1. The summed E-state index contributed by atoms with van der Waals surface area (Å²) in [5.41, 5.74) is 0. The molecule has 0 atom stereocenters. The molecule has 0 aliphatic heterocycles. The third-order valence-corrected chi connectivity index (χ3v) is 4.03. The number of carbonyl (C=O) groups excluding carboxylic acids is 1. The van der Waals surface area contributed by atoms with Gasteiger partial charge in [0.2, 0.25) is 0 Å². The van der Waals surface area contributed by atoms with Crippen LogP contribution in [0.4, 0.5) is 0 Å². The molecule has 0 spiro atoms. The van der Waals surface area contributed by atoms with Crippen molar-refractivity contribution in [3.05, 3.63) is 11.8 Å². The molecule has 0 unspecified atom stereocenters. The van der Waals surface area contributed by atoms with Gasteiger partial charge in [-0.25, -0.2) is 0 Å². The van der Waals surface area contributed by atoms with E-state index in [1.54, 1.807) is 0 Å². The summed E-state index contributed by atoms with van der Waals surface area (Å²) in [5.74, 6) is 0.834. The lowest BCUT2D eigenvalue weighted by atomic mass is 10.1. The lowest BCUT2D eigenvalue weighted by Crippen LogP contribution is -2.02.